The van der Waals surface area contributed by atoms with Crippen molar-refractivity contribution in [1.29, 1.82) is 0 Å². The van der Waals surface area contributed by atoms with Gasteiger partial charge in [-0.15, -0.1) is 14.8 Å². The fourth-order valence-corrected chi connectivity index (χ4v) is 4.42. The molecule has 2 aliphatic heterocycles. The number of hydrogen-bond donors (Lipinski definition) is 0. The molecule has 2 saturated heterocycles. The first-order valence-corrected chi connectivity index (χ1v) is 10.8. The molecule has 0 N–H and O–H groups in total. The van der Waals surface area contributed by atoms with Gasteiger partial charge >= 0.3 is 0 Å². The number of tetrazole rings is 1. The van der Waals surface area contributed by atoms with Gasteiger partial charge in [0.15, 0.2) is 23.1 Å². The van der Waals surface area contributed by atoms with Crippen LogP contribution < -0.4 is 4.90 Å². The van der Waals surface area contributed by atoms with Gasteiger partial charge in [0.1, 0.15) is 0 Å². The Morgan fingerprint density at radius 1 is 1.00 bits per heavy atom. The number of carbonyl (C=O) groups is 1. The van der Waals surface area contributed by atoms with Gasteiger partial charge in [0.05, 0.1) is 0 Å². The average molecular weight is 439 g/mol. The van der Waals surface area contributed by atoms with E-state index < -0.39 is 11.6 Å². The number of likely N-dealkylation sites (tertiary alicyclic amines) is 1. The van der Waals surface area contributed by atoms with Crippen LogP contribution in [-0.2, 0) is 4.79 Å². The summed E-state index contributed by atoms with van der Waals surface area (Å²) in [4.78, 5) is 17.1. The highest BCUT2D eigenvalue weighted by Gasteiger charge is 2.30. The number of hydrogen-bond acceptors (Lipinski definition) is 6. The second-order valence-corrected chi connectivity index (χ2v) is 8.28. The van der Waals surface area contributed by atoms with Crippen molar-refractivity contribution >= 4 is 23.4 Å². The predicted octanol–water partition coefficient (Wildman–Crippen LogP) is 2.72. The Hall–Kier alpha value is -3.43. The number of nitrogens with zero attached hydrogens (tertiary/aromatic N) is 7. The lowest BCUT2D eigenvalue weighted by atomic mass is 9.93. The Morgan fingerprint density at radius 2 is 1.78 bits per heavy atom. The maximum atomic E-state index is 13.4. The van der Waals surface area contributed by atoms with Crippen LogP contribution in [-0.4, -0.2) is 62.2 Å². The van der Waals surface area contributed by atoms with Crippen molar-refractivity contribution in [3.63, 3.8) is 0 Å². The van der Waals surface area contributed by atoms with Crippen LogP contribution in [0.4, 0.5) is 14.6 Å². The van der Waals surface area contributed by atoms with Crippen molar-refractivity contribution in [3.05, 3.63) is 53.1 Å². The summed E-state index contributed by atoms with van der Waals surface area (Å²) in [6.45, 7) is 2.83. The third-order valence-corrected chi connectivity index (χ3v) is 6.26. The molecule has 2 aliphatic rings. The maximum Gasteiger partial charge on any atom is 0.225 e. The number of aromatic nitrogens is 5. The molecule has 0 aliphatic carbocycles. The Bertz CT molecular complexity index is 1160. The van der Waals surface area contributed by atoms with Gasteiger partial charge in [-0.1, -0.05) is 17.7 Å². The molecule has 2 fully saturated rings. The molecule has 32 heavy (non-hydrogen) atoms. The summed E-state index contributed by atoms with van der Waals surface area (Å²) in [6, 6.07) is 7.66. The first-order chi connectivity index (χ1) is 15.6. The van der Waals surface area contributed by atoms with Crippen molar-refractivity contribution in [3.8, 4) is 0 Å². The van der Waals surface area contributed by atoms with Gasteiger partial charge in [-0.3, -0.25) is 4.79 Å². The van der Waals surface area contributed by atoms with Crippen LogP contribution in [0.3, 0.4) is 0 Å². The van der Waals surface area contributed by atoms with Crippen LogP contribution in [0.2, 0.25) is 0 Å². The second-order valence-electron chi connectivity index (χ2n) is 8.28. The number of rotatable bonds is 3. The quantitative estimate of drug-likeness (QED) is 0.625. The summed E-state index contributed by atoms with van der Waals surface area (Å²) in [5.41, 5.74) is 2.40. The lowest BCUT2D eigenvalue weighted by Crippen LogP contribution is -2.44. The maximum absolute atomic E-state index is 13.4. The van der Waals surface area contributed by atoms with Gasteiger partial charge in [-0.05, 0) is 65.9 Å². The standard InChI is InChI=1S/C22H23F2N7O/c23-18-2-1-16(14-19(18)24)13-15-5-9-30(10-6-15)22(32)17-7-11-29(12-8-17)21-4-3-20-25-27-28-31(20)26-21/h1-4,13-14,17H,5-12H2. The van der Waals surface area contributed by atoms with E-state index in [1.807, 2.05) is 23.1 Å². The number of carbonyl (C=O) groups excluding carboxylic acids is 1. The zero-order valence-corrected chi connectivity index (χ0v) is 17.5. The molecule has 1 aromatic carbocycles. The summed E-state index contributed by atoms with van der Waals surface area (Å²) < 4.78 is 27.9. The van der Waals surface area contributed by atoms with E-state index in [1.54, 1.807) is 6.07 Å². The number of halogens is 2. The van der Waals surface area contributed by atoms with Crippen LogP contribution in [0, 0.1) is 17.6 Å². The van der Waals surface area contributed by atoms with Crippen LogP contribution in [0.5, 0.6) is 0 Å². The molecule has 0 radical (unpaired) electrons. The molecule has 166 valence electrons. The van der Waals surface area contributed by atoms with Crippen molar-refractivity contribution in [2.24, 2.45) is 5.92 Å². The minimum Gasteiger partial charge on any atom is -0.355 e. The lowest BCUT2D eigenvalue weighted by Gasteiger charge is -2.36. The third kappa shape index (κ3) is 4.17. The van der Waals surface area contributed by atoms with Gasteiger partial charge in [-0.2, -0.15) is 0 Å². The van der Waals surface area contributed by atoms with E-state index in [0.717, 1.165) is 56.2 Å². The minimum atomic E-state index is -0.842. The predicted molar refractivity (Wildman–Crippen MR) is 114 cm³/mol. The Labute approximate surface area is 183 Å². The van der Waals surface area contributed by atoms with Gasteiger partial charge in [-0.25, -0.2) is 8.78 Å². The summed E-state index contributed by atoms with van der Waals surface area (Å²) in [5.74, 6) is -0.655. The van der Waals surface area contributed by atoms with E-state index in [-0.39, 0.29) is 11.8 Å². The van der Waals surface area contributed by atoms with E-state index in [2.05, 4.69) is 25.5 Å². The Morgan fingerprint density at radius 3 is 2.53 bits per heavy atom. The Balaban J connectivity index is 1.15. The monoisotopic (exact) mass is 439 g/mol. The summed E-state index contributed by atoms with van der Waals surface area (Å²) in [5, 5.41) is 15.7. The smallest absolute Gasteiger partial charge is 0.225 e. The molecule has 0 unspecified atom stereocenters. The molecule has 2 aromatic heterocycles. The number of piperidine rings is 2. The summed E-state index contributed by atoms with van der Waals surface area (Å²) in [6.07, 6.45) is 4.96. The molecule has 3 aromatic rings. The van der Waals surface area contributed by atoms with E-state index in [9.17, 15) is 13.6 Å². The average Bonchev–Trinajstić information content (AvgIpc) is 3.30. The van der Waals surface area contributed by atoms with Crippen LogP contribution in [0.1, 0.15) is 31.2 Å². The van der Waals surface area contributed by atoms with Crippen molar-refractivity contribution in [2.45, 2.75) is 25.7 Å². The highest BCUT2D eigenvalue weighted by Crippen LogP contribution is 2.26. The van der Waals surface area contributed by atoms with Crippen LogP contribution in [0.25, 0.3) is 11.7 Å². The number of fused-ring (bicyclic) bond motifs is 1. The first kappa shape index (κ1) is 20.5. The molecule has 10 heteroatoms. The van der Waals surface area contributed by atoms with Gasteiger partial charge < -0.3 is 9.80 Å². The highest BCUT2D eigenvalue weighted by atomic mass is 19.2. The largest absolute Gasteiger partial charge is 0.355 e. The normalized spacial score (nSPS) is 17.8. The Kier molecular flexibility index (Phi) is 5.50. The zero-order valence-electron chi connectivity index (χ0n) is 17.5. The number of anilines is 1. The second kappa shape index (κ2) is 8.60. The van der Waals surface area contributed by atoms with E-state index in [4.69, 9.17) is 0 Å². The highest BCUT2D eigenvalue weighted by molar-refractivity contribution is 5.79. The SMILES string of the molecule is O=C(C1CCN(c2ccc3nnnn3n2)CC1)N1CCC(=Cc2ccc(F)c(F)c2)CC1. The number of benzene rings is 1. The van der Waals surface area contributed by atoms with Gasteiger partial charge in [0, 0.05) is 32.1 Å². The van der Waals surface area contributed by atoms with E-state index in [0.29, 0.717) is 24.3 Å². The minimum absolute atomic E-state index is 0.0136. The van der Waals surface area contributed by atoms with Crippen LogP contribution in [0.15, 0.2) is 35.9 Å². The fourth-order valence-electron chi connectivity index (χ4n) is 4.42. The number of amides is 1. The molecule has 0 spiro atoms. The third-order valence-electron chi connectivity index (χ3n) is 6.26. The molecular formula is C22H23F2N7O. The molecule has 1 amide bonds. The van der Waals surface area contributed by atoms with Crippen molar-refractivity contribution in [2.75, 3.05) is 31.1 Å². The molecule has 5 rings (SSSR count). The summed E-state index contributed by atoms with van der Waals surface area (Å²) >= 11 is 0. The molecule has 4 heterocycles. The zero-order chi connectivity index (χ0) is 22.1. The van der Waals surface area contributed by atoms with Gasteiger partial charge in [0.2, 0.25) is 5.91 Å². The molecule has 0 atom stereocenters. The summed E-state index contributed by atoms with van der Waals surface area (Å²) in [7, 11) is 0. The van der Waals surface area contributed by atoms with Crippen molar-refractivity contribution in [1.82, 2.24) is 30.2 Å². The molecule has 0 bridgehead atoms. The van der Waals surface area contributed by atoms with E-state index >= 15 is 0 Å². The lowest BCUT2D eigenvalue weighted by molar-refractivity contribution is -0.136. The first-order valence-electron chi connectivity index (χ1n) is 10.8. The molecule has 0 saturated carbocycles. The van der Waals surface area contributed by atoms with Crippen molar-refractivity contribution < 1.29 is 13.6 Å². The fraction of sp³-hybridized carbons (Fsp3) is 0.409. The molecule has 8 nitrogen and oxygen atoms in total. The van der Waals surface area contributed by atoms with E-state index in [1.165, 1.54) is 10.7 Å². The topological polar surface area (TPSA) is 79.5 Å². The van der Waals surface area contributed by atoms with Crippen LogP contribution >= 0.6 is 0 Å². The molecular weight excluding hydrogens is 416 g/mol. The van der Waals surface area contributed by atoms with Gasteiger partial charge in [0.25, 0.3) is 0 Å².